The fraction of sp³-hybridized carbons (Fsp3) is 0.500. The molecule has 3 nitrogen and oxygen atoms in total. The second-order valence-electron chi connectivity index (χ2n) is 5.11. The third-order valence-electron chi connectivity index (χ3n) is 3.31. The number of ketones is 1. The zero-order valence-corrected chi connectivity index (χ0v) is 11.7. The maximum Gasteiger partial charge on any atom is 0.176 e. The van der Waals surface area contributed by atoms with Crippen LogP contribution in [0.4, 0.5) is 0 Å². The van der Waals surface area contributed by atoms with Crippen molar-refractivity contribution in [3.8, 4) is 0 Å². The van der Waals surface area contributed by atoms with Gasteiger partial charge in [-0.25, -0.2) is 0 Å². The summed E-state index contributed by atoms with van der Waals surface area (Å²) in [5, 5.41) is 9.86. The van der Waals surface area contributed by atoms with Gasteiger partial charge < -0.3 is 5.11 Å². The summed E-state index contributed by atoms with van der Waals surface area (Å²) in [7, 11) is 0. The van der Waals surface area contributed by atoms with Gasteiger partial charge in [0, 0.05) is 23.5 Å². The van der Waals surface area contributed by atoms with Crippen LogP contribution in [0.25, 0.3) is 0 Å². The maximum atomic E-state index is 12.1. The molecule has 0 amide bonds. The Morgan fingerprint density at radius 2 is 2.11 bits per heavy atom. The van der Waals surface area contributed by atoms with Crippen LogP contribution in [-0.4, -0.2) is 47.3 Å². The van der Waals surface area contributed by atoms with Crippen molar-refractivity contribution in [2.45, 2.75) is 23.8 Å². The number of carbonyl (C=O) groups excluding carboxylic acids is 1. The minimum atomic E-state index is -0.636. The number of likely N-dealkylation sites (tertiary alicyclic amines) is 1. The van der Waals surface area contributed by atoms with E-state index < -0.39 is 5.60 Å². The average molecular weight is 265 g/mol. The molecule has 0 radical (unpaired) electrons. The second kappa shape index (κ2) is 5.43. The highest BCUT2D eigenvalue weighted by molar-refractivity contribution is 7.98. The van der Waals surface area contributed by atoms with Crippen LogP contribution < -0.4 is 0 Å². The van der Waals surface area contributed by atoms with Gasteiger partial charge in [0.2, 0.25) is 0 Å². The Hall–Kier alpha value is -0.840. The van der Waals surface area contributed by atoms with Crippen molar-refractivity contribution in [3.05, 3.63) is 29.8 Å². The Morgan fingerprint density at radius 1 is 1.44 bits per heavy atom. The maximum absolute atomic E-state index is 12.1. The van der Waals surface area contributed by atoms with E-state index in [0.717, 1.165) is 23.4 Å². The average Bonchev–Trinajstić information content (AvgIpc) is 2.68. The van der Waals surface area contributed by atoms with Gasteiger partial charge in [-0.15, -0.1) is 11.8 Å². The highest BCUT2D eigenvalue weighted by Crippen LogP contribution is 2.21. The summed E-state index contributed by atoms with van der Waals surface area (Å²) < 4.78 is 0. The minimum absolute atomic E-state index is 0.125. The molecule has 0 saturated carbocycles. The molecule has 2 rings (SSSR count). The SMILES string of the molecule is CSc1ccc(C(=O)CN2CCC(C)(O)C2)cc1. The van der Waals surface area contributed by atoms with Crippen molar-refractivity contribution in [2.24, 2.45) is 0 Å². The first-order valence-electron chi connectivity index (χ1n) is 6.12. The van der Waals surface area contributed by atoms with Gasteiger partial charge in [-0.3, -0.25) is 9.69 Å². The molecule has 18 heavy (non-hydrogen) atoms. The number of hydrogen-bond donors (Lipinski definition) is 1. The van der Waals surface area contributed by atoms with E-state index in [2.05, 4.69) is 0 Å². The number of nitrogens with zero attached hydrogens (tertiary/aromatic N) is 1. The molecule has 1 aromatic carbocycles. The van der Waals surface area contributed by atoms with Gasteiger partial charge in [-0.2, -0.15) is 0 Å². The predicted octanol–water partition coefficient (Wildman–Crippen LogP) is 2.05. The molecule has 0 bridgehead atoms. The van der Waals surface area contributed by atoms with Crippen molar-refractivity contribution >= 4 is 17.5 Å². The number of Topliss-reactive ketones (excluding diaryl/α,β-unsaturated/α-hetero) is 1. The second-order valence-corrected chi connectivity index (χ2v) is 5.99. The van der Waals surface area contributed by atoms with Crippen LogP contribution in [0.3, 0.4) is 0 Å². The summed E-state index contributed by atoms with van der Waals surface area (Å²) in [5.74, 6) is 0.125. The Bertz CT molecular complexity index is 428. The van der Waals surface area contributed by atoms with Gasteiger partial charge in [-0.05, 0) is 31.7 Å². The Morgan fingerprint density at radius 3 is 2.61 bits per heavy atom. The molecule has 1 N–H and O–H groups in total. The lowest BCUT2D eigenvalue weighted by Crippen LogP contribution is -2.33. The molecule has 1 fully saturated rings. The summed E-state index contributed by atoms with van der Waals surface area (Å²) in [6, 6.07) is 7.70. The third kappa shape index (κ3) is 3.34. The first-order valence-corrected chi connectivity index (χ1v) is 7.35. The first kappa shape index (κ1) is 13.6. The van der Waals surface area contributed by atoms with Gasteiger partial charge in [0.15, 0.2) is 5.78 Å². The Balaban J connectivity index is 1.95. The normalized spacial score (nSPS) is 24.4. The monoisotopic (exact) mass is 265 g/mol. The number of hydrogen-bond acceptors (Lipinski definition) is 4. The van der Waals surface area contributed by atoms with E-state index in [4.69, 9.17) is 0 Å². The van der Waals surface area contributed by atoms with Crippen LogP contribution in [0, 0.1) is 0 Å². The standard InChI is InChI=1S/C14H19NO2S/c1-14(17)7-8-15(10-14)9-13(16)11-3-5-12(18-2)6-4-11/h3-6,17H,7-10H2,1-2H3. The van der Waals surface area contributed by atoms with Crippen LogP contribution in [-0.2, 0) is 0 Å². The Labute approximate surface area is 112 Å². The summed E-state index contributed by atoms with van der Waals surface area (Å²) in [4.78, 5) is 15.3. The number of aliphatic hydroxyl groups is 1. The first-order chi connectivity index (χ1) is 8.50. The van der Waals surface area contributed by atoms with Crippen LogP contribution in [0.1, 0.15) is 23.7 Å². The van der Waals surface area contributed by atoms with Crippen LogP contribution in [0.5, 0.6) is 0 Å². The van der Waals surface area contributed by atoms with Crippen LogP contribution in [0.2, 0.25) is 0 Å². The largest absolute Gasteiger partial charge is 0.389 e. The van der Waals surface area contributed by atoms with E-state index in [1.54, 1.807) is 11.8 Å². The highest BCUT2D eigenvalue weighted by Gasteiger charge is 2.32. The summed E-state index contributed by atoms with van der Waals surface area (Å²) >= 11 is 1.67. The van der Waals surface area contributed by atoms with Crippen molar-refractivity contribution in [1.82, 2.24) is 4.90 Å². The van der Waals surface area contributed by atoms with E-state index in [0.29, 0.717) is 13.1 Å². The summed E-state index contributed by atoms with van der Waals surface area (Å²) in [5.41, 5.74) is 0.113. The van der Waals surface area contributed by atoms with Gasteiger partial charge in [0.25, 0.3) is 0 Å². The number of rotatable bonds is 4. The summed E-state index contributed by atoms with van der Waals surface area (Å²) in [6.07, 6.45) is 2.76. The number of thioether (sulfide) groups is 1. The fourth-order valence-corrected chi connectivity index (χ4v) is 2.65. The van der Waals surface area contributed by atoms with Crippen molar-refractivity contribution < 1.29 is 9.90 Å². The van der Waals surface area contributed by atoms with Crippen molar-refractivity contribution in [3.63, 3.8) is 0 Å². The molecule has 0 spiro atoms. The van der Waals surface area contributed by atoms with Crippen molar-refractivity contribution in [1.29, 1.82) is 0 Å². The zero-order chi connectivity index (χ0) is 13.2. The molecule has 1 aliphatic rings. The minimum Gasteiger partial charge on any atom is -0.389 e. The third-order valence-corrected chi connectivity index (χ3v) is 4.05. The van der Waals surface area contributed by atoms with Crippen molar-refractivity contribution in [2.75, 3.05) is 25.9 Å². The lowest BCUT2D eigenvalue weighted by atomic mass is 10.1. The molecular formula is C14H19NO2S. The number of carbonyl (C=O) groups is 1. The van der Waals surface area contributed by atoms with Crippen LogP contribution in [0.15, 0.2) is 29.2 Å². The zero-order valence-electron chi connectivity index (χ0n) is 10.8. The molecule has 1 aromatic rings. The summed E-state index contributed by atoms with van der Waals surface area (Å²) in [6.45, 7) is 3.60. The number of β-amino-alcohol motifs (C(OH)–C–C–N with tert-alkyl or cyclic N) is 1. The lowest BCUT2D eigenvalue weighted by Gasteiger charge is -2.18. The molecule has 4 heteroatoms. The predicted molar refractivity (Wildman–Crippen MR) is 74.2 cm³/mol. The lowest BCUT2D eigenvalue weighted by molar-refractivity contribution is 0.0669. The molecular weight excluding hydrogens is 246 g/mol. The van der Waals surface area contributed by atoms with Gasteiger partial charge >= 0.3 is 0 Å². The van der Waals surface area contributed by atoms with Gasteiger partial charge in [0.1, 0.15) is 0 Å². The molecule has 0 aromatic heterocycles. The Kier molecular flexibility index (Phi) is 4.10. The molecule has 1 unspecified atom stereocenters. The quantitative estimate of drug-likeness (QED) is 0.668. The van der Waals surface area contributed by atoms with E-state index in [9.17, 15) is 9.90 Å². The molecule has 98 valence electrons. The number of benzene rings is 1. The van der Waals surface area contributed by atoms with Crippen LogP contribution >= 0.6 is 11.8 Å². The van der Waals surface area contributed by atoms with E-state index in [-0.39, 0.29) is 5.78 Å². The molecule has 1 saturated heterocycles. The molecule has 0 aliphatic carbocycles. The van der Waals surface area contributed by atoms with E-state index in [1.165, 1.54) is 0 Å². The topological polar surface area (TPSA) is 40.5 Å². The highest BCUT2D eigenvalue weighted by atomic mass is 32.2. The van der Waals surface area contributed by atoms with E-state index >= 15 is 0 Å². The molecule has 1 atom stereocenters. The molecule has 1 heterocycles. The van der Waals surface area contributed by atoms with Gasteiger partial charge in [0.05, 0.1) is 12.1 Å². The van der Waals surface area contributed by atoms with Gasteiger partial charge in [-0.1, -0.05) is 12.1 Å². The fourth-order valence-electron chi connectivity index (χ4n) is 2.25. The van der Waals surface area contributed by atoms with E-state index in [1.807, 2.05) is 42.3 Å². The molecule has 1 aliphatic heterocycles. The smallest absolute Gasteiger partial charge is 0.176 e.